The van der Waals surface area contributed by atoms with Gasteiger partial charge in [-0.05, 0) is 18.2 Å². The van der Waals surface area contributed by atoms with E-state index >= 15 is 0 Å². The zero-order valence-corrected chi connectivity index (χ0v) is 9.78. The highest BCUT2D eigenvalue weighted by Gasteiger charge is 2.31. The summed E-state index contributed by atoms with van der Waals surface area (Å²) in [6, 6.07) is 1.92. The van der Waals surface area contributed by atoms with E-state index in [1.165, 1.54) is 0 Å². The van der Waals surface area contributed by atoms with Crippen molar-refractivity contribution in [2.45, 2.75) is 6.18 Å². The molecule has 0 spiro atoms. The lowest BCUT2D eigenvalue weighted by molar-refractivity contribution is -0.137. The number of hydrogen-bond donors (Lipinski definition) is 2. The number of hydrogen-bond acceptors (Lipinski definition) is 3. The first kappa shape index (κ1) is 14.7. The van der Waals surface area contributed by atoms with Gasteiger partial charge in [-0.2, -0.15) is 13.2 Å². The molecule has 3 N–H and O–H groups in total. The number of primary sulfonamides is 1. The topological polar surface area (TPSA) is 72.2 Å². The number of benzene rings is 1. The van der Waals surface area contributed by atoms with E-state index in [1.54, 1.807) is 0 Å². The maximum Gasteiger partial charge on any atom is 0.416 e. The van der Waals surface area contributed by atoms with Crippen molar-refractivity contribution < 1.29 is 26.0 Å². The second kappa shape index (κ2) is 5.11. The molecule has 18 heavy (non-hydrogen) atoms. The van der Waals surface area contributed by atoms with Gasteiger partial charge >= 0.3 is 6.18 Å². The van der Waals surface area contributed by atoms with Crippen LogP contribution in [0.15, 0.2) is 18.2 Å². The number of rotatable bonds is 4. The van der Waals surface area contributed by atoms with Crippen molar-refractivity contribution in [3.8, 4) is 0 Å². The van der Waals surface area contributed by atoms with E-state index in [1.807, 2.05) is 0 Å². The second-order valence-electron chi connectivity index (χ2n) is 3.49. The van der Waals surface area contributed by atoms with Crippen LogP contribution < -0.4 is 10.5 Å². The van der Waals surface area contributed by atoms with Crippen LogP contribution >= 0.6 is 0 Å². The van der Waals surface area contributed by atoms with Crippen LogP contribution in [-0.2, 0) is 16.2 Å². The zero-order chi connectivity index (χ0) is 14.0. The molecule has 0 heterocycles. The van der Waals surface area contributed by atoms with E-state index in [2.05, 4.69) is 5.32 Å². The van der Waals surface area contributed by atoms with E-state index < -0.39 is 33.3 Å². The Morgan fingerprint density at radius 3 is 2.33 bits per heavy atom. The average Bonchev–Trinajstić information content (AvgIpc) is 2.17. The second-order valence-corrected chi connectivity index (χ2v) is 5.22. The molecule has 0 unspecified atom stereocenters. The molecule has 1 aromatic rings. The molecule has 0 saturated heterocycles. The van der Waals surface area contributed by atoms with Gasteiger partial charge in [0, 0.05) is 6.54 Å². The van der Waals surface area contributed by atoms with E-state index in [9.17, 15) is 26.0 Å². The molecule has 0 aromatic heterocycles. The number of sulfonamides is 1. The fourth-order valence-electron chi connectivity index (χ4n) is 1.16. The Kier molecular flexibility index (Phi) is 4.17. The number of alkyl halides is 3. The Morgan fingerprint density at radius 1 is 1.28 bits per heavy atom. The van der Waals surface area contributed by atoms with Crippen molar-refractivity contribution in [1.82, 2.24) is 0 Å². The number of halogens is 4. The van der Waals surface area contributed by atoms with E-state index in [-0.39, 0.29) is 12.2 Å². The Hall–Kier alpha value is -1.35. The van der Waals surface area contributed by atoms with E-state index in [0.29, 0.717) is 12.1 Å². The Labute approximate surface area is 101 Å². The molecular formula is C9H10F4N2O2S. The van der Waals surface area contributed by atoms with Gasteiger partial charge in [-0.25, -0.2) is 17.9 Å². The van der Waals surface area contributed by atoms with Gasteiger partial charge in [0.05, 0.1) is 17.0 Å². The summed E-state index contributed by atoms with van der Waals surface area (Å²) >= 11 is 0. The van der Waals surface area contributed by atoms with Crippen molar-refractivity contribution in [2.75, 3.05) is 17.6 Å². The molecule has 1 aromatic carbocycles. The lowest BCUT2D eigenvalue weighted by atomic mass is 10.2. The SMILES string of the molecule is NS(=O)(=O)CCNc1ccc(C(F)(F)F)cc1F. The molecule has 0 amide bonds. The van der Waals surface area contributed by atoms with Crippen molar-refractivity contribution in [2.24, 2.45) is 5.14 Å². The highest BCUT2D eigenvalue weighted by Crippen LogP contribution is 2.31. The minimum Gasteiger partial charge on any atom is -0.382 e. The number of nitrogens with one attached hydrogen (secondary N) is 1. The van der Waals surface area contributed by atoms with Crippen molar-refractivity contribution in [1.29, 1.82) is 0 Å². The monoisotopic (exact) mass is 286 g/mol. The Morgan fingerprint density at radius 2 is 1.89 bits per heavy atom. The van der Waals surface area contributed by atoms with Gasteiger partial charge in [0.2, 0.25) is 10.0 Å². The zero-order valence-electron chi connectivity index (χ0n) is 8.96. The lowest BCUT2D eigenvalue weighted by Gasteiger charge is -2.10. The molecule has 102 valence electrons. The molecule has 0 aliphatic heterocycles. The van der Waals surface area contributed by atoms with Gasteiger partial charge in [0.15, 0.2) is 0 Å². The number of anilines is 1. The van der Waals surface area contributed by atoms with Crippen molar-refractivity contribution >= 4 is 15.7 Å². The van der Waals surface area contributed by atoms with E-state index in [4.69, 9.17) is 5.14 Å². The van der Waals surface area contributed by atoms with Gasteiger partial charge < -0.3 is 5.32 Å². The number of nitrogens with two attached hydrogens (primary N) is 1. The minimum atomic E-state index is -4.63. The third kappa shape index (κ3) is 4.49. The average molecular weight is 286 g/mol. The molecule has 0 atom stereocenters. The summed E-state index contributed by atoms with van der Waals surface area (Å²) < 4.78 is 71.1. The third-order valence-electron chi connectivity index (χ3n) is 2.00. The quantitative estimate of drug-likeness (QED) is 0.825. The summed E-state index contributed by atoms with van der Waals surface area (Å²) in [5, 5.41) is 7.06. The molecule has 0 bridgehead atoms. The first-order valence-corrected chi connectivity index (χ1v) is 6.42. The summed E-state index contributed by atoms with van der Waals surface area (Å²) in [7, 11) is -3.70. The lowest BCUT2D eigenvalue weighted by Crippen LogP contribution is -2.22. The maximum atomic E-state index is 13.3. The van der Waals surface area contributed by atoms with Gasteiger partial charge in [0.25, 0.3) is 0 Å². The first-order valence-electron chi connectivity index (χ1n) is 4.71. The Bertz CT molecular complexity index is 528. The van der Waals surface area contributed by atoms with Gasteiger partial charge in [-0.1, -0.05) is 0 Å². The van der Waals surface area contributed by atoms with E-state index in [0.717, 1.165) is 6.07 Å². The van der Waals surface area contributed by atoms with Crippen LogP contribution in [0.2, 0.25) is 0 Å². The van der Waals surface area contributed by atoms with Crippen LogP contribution in [-0.4, -0.2) is 20.7 Å². The van der Waals surface area contributed by atoms with Crippen LogP contribution in [0.5, 0.6) is 0 Å². The van der Waals surface area contributed by atoms with Gasteiger partial charge in [0.1, 0.15) is 5.82 Å². The smallest absolute Gasteiger partial charge is 0.382 e. The van der Waals surface area contributed by atoms with Crippen LogP contribution in [0, 0.1) is 5.82 Å². The Balaban J connectivity index is 2.75. The van der Waals surface area contributed by atoms with Crippen LogP contribution in [0.3, 0.4) is 0 Å². The van der Waals surface area contributed by atoms with Crippen LogP contribution in [0.4, 0.5) is 23.2 Å². The summed E-state index contributed by atoms with van der Waals surface area (Å²) in [4.78, 5) is 0. The summed E-state index contributed by atoms with van der Waals surface area (Å²) in [6.07, 6.45) is -4.63. The van der Waals surface area contributed by atoms with Crippen LogP contribution in [0.25, 0.3) is 0 Å². The minimum absolute atomic E-state index is 0.193. The largest absolute Gasteiger partial charge is 0.416 e. The van der Waals surface area contributed by atoms with Crippen LogP contribution in [0.1, 0.15) is 5.56 Å². The van der Waals surface area contributed by atoms with Gasteiger partial charge in [-0.3, -0.25) is 0 Å². The third-order valence-corrected chi connectivity index (χ3v) is 2.77. The molecule has 0 fully saturated rings. The van der Waals surface area contributed by atoms with Crippen molar-refractivity contribution in [3.05, 3.63) is 29.6 Å². The fraction of sp³-hybridized carbons (Fsp3) is 0.333. The predicted molar refractivity (Wildman–Crippen MR) is 57.9 cm³/mol. The molecule has 0 aliphatic carbocycles. The molecule has 4 nitrogen and oxygen atoms in total. The summed E-state index contributed by atoms with van der Waals surface area (Å²) in [5.74, 6) is -1.56. The molecular weight excluding hydrogens is 276 g/mol. The summed E-state index contributed by atoms with van der Waals surface area (Å²) in [5.41, 5.74) is -1.33. The fourth-order valence-corrected chi connectivity index (χ4v) is 1.55. The summed E-state index contributed by atoms with van der Waals surface area (Å²) in [6.45, 7) is -0.193. The maximum absolute atomic E-state index is 13.3. The normalized spacial score (nSPS) is 12.5. The molecule has 1 rings (SSSR count). The standard InChI is InChI=1S/C9H10F4N2O2S/c10-7-5-6(9(11,12)13)1-2-8(7)15-3-4-18(14,16)17/h1-2,5,15H,3-4H2,(H2,14,16,17). The molecule has 9 heteroatoms. The molecule has 0 saturated carbocycles. The van der Waals surface area contributed by atoms with Crippen molar-refractivity contribution in [3.63, 3.8) is 0 Å². The first-order chi connectivity index (χ1) is 8.09. The van der Waals surface area contributed by atoms with Gasteiger partial charge in [-0.15, -0.1) is 0 Å². The predicted octanol–water partition coefficient (Wildman–Crippen LogP) is 1.54. The molecule has 0 radical (unpaired) electrons. The highest BCUT2D eigenvalue weighted by molar-refractivity contribution is 7.89. The highest BCUT2D eigenvalue weighted by atomic mass is 32.2. The molecule has 0 aliphatic rings.